The highest BCUT2D eigenvalue weighted by atomic mass is 16.5. The first-order chi connectivity index (χ1) is 9.52. The average Bonchev–Trinajstić information content (AvgIpc) is 2.38. The number of nitrogens with zero attached hydrogens (tertiary/aromatic N) is 1. The molecule has 4 heteroatoms. The van der Waals surface area contributed by atoms with E-state index < -0.39 is 0 Å². The Morgan fingerprint density at radius 3 is 2.45 bits per heavy atom. The summed E-state index contributed by atoms with van der Waals surface area (Å²) in [5.74, 6) is 0.736. The van der Waals surface area contributed by atoms with E-state index in [9.17, 15) is 4.79 Å². The monoisotopic (exact) mass is 276 g/mol. The minimum Gasteiger partial charge on any atom is -0.484 e. The van der Waals surface area contributed by atoms with E-state index >= 15 is 0 Å². The second-order valence-electron chi connectivity index (χ2n) is 5.76. The van der Waals surface area contributed by atoms with Crippen LogP contribution in [0.1, 0.15) is 24.0 Å². The van der Waals surface area contributed by atoms with Gasteiger partial charge in [-0.2, -0.15) is 0 Å². The summed E-state index contributed by atoms with van der Waals surface area (Å²) in [6, 6.07) is 6.29. The Kier molecular flexibility index (Phi) is 5.01. The molecule has 0 unspecified atom stereocenters. The van der Waals surface area contributed by atoms with Crippen molar-refractivity contribution in [1.82, 2.24) is 10.2 Å². The van der Waals surface area contributed by atoms with Crippen molar-refractivity contribution in [3.8, 4) is 5.75 Å². The molecule has 1 fully saturated rings. The number of hydrogen-bond donors (Lipinski definition) is 1. The van der Waals surface area contributed by atoms with Gasteiger partial charge in [-0.1, -0.05) is 6.07 Å². The smallest absolute Gasteiger partial charge is 0.258 e. The molecule has 0 aliphatic carbocycles. The fraction of sp³-hybridized carbons (Fsp3) is 0.562. The van der Waals surface area contributed by atoms with Crippen LogP contribution in [0.15, 0.2) is 18.2 Å². The zero-order valence-corrected chi connectivity index (χ0v) is 12.6. The maximum absolute atomic E-state index is 11.9. The molecule has 1 aliphatic heterocycles. The van der Waals surface area contributed by atoms with Gasteiger partial charge in [0.15, 0.2) is 6.61 Å². The first kappa shape index (κ1) is 14.9. The van der Waals surface area contributed by atoms with Crippen molar-refractivity contribution in [1.29, 1.82) is 0 Å². The zero-order valence-electron chi connectivity index (χ0n) is 12.6. The van der Waals surface area contributed by atoms with Crippen molar-refractivity contribution >= 4 is 5.91 Å². The minimum absolute atomic E-state index is 0.0290. The van der Waals surface area contributed by atoms with Gasteiger partial charge in [0.2, 0.25) is 0 Å². The predicted octanol–water partition coefficient (Wildman–Crippen LogP) is 1.89. The molecule has 0 spiro atoms. The quantitative estimate of drug-likeness (QED) is 0.913. The second-order valence-corrected chi connectivity index (χ2v) is 5.76. The van der Waals surface area contributed by atoms with Gasteiger partial charge in [-0.25, -0.2) is 0 Å². The highest BCUT2D eigenvalue weighted by molar-refractivity contribution is 5.77. The molecule has 1 aromatic carbocycles. The van der Waals surface area contributed by atoms with Crippen LogP contribution in [0, 0.1) is 13.8 Å². The Morgan fingerprint density at radius 2 is 1.85 bits per heavy atom. The lowest BCUT2D eigenvalue weighted by atomic mass is 10.1. The summed E-state index contributed by atoms with van der Waals surface area (Å²) < 4.78 is 5.57. The summed E-state index contributed by atoms with van der Waals surface area (Å²) in [6.07, 6.45) is 2.04. The van der Waals surface area contributed by atoms with E-state index in [2.05, 4.69) is 23.3 Å². The van der Waals surface area contributed by atoms with Crippen LogP contribution in [-0.4, -0.2) is 43.6 Å². The van der Waals surface area contributed by atoms with Crippen molar-refractivity contribution in [2.24, 2.45) is 0 Å². The first-order valence-electron chi connectivity index (χ1n) is 7.22. The maximum Gasteiger partial charge on any atom is 0.258 e. The first-order valence-corrected chi connectivity index (χ1v) is 7.22. The van der Waals surface area contributed by atoms with Gasteiger partial charge in [-0.15, -0.1) is 0 Å². The lowest BCUT2D eigenvalue weighted by molar-refractivity contribution is -0.124. The summed E-state index contributed by atoms with van der Waals surface area (Å²) in [6.45, 7) is 6.23. The van der Waals surface area contributed by atoms with Gasteiger partial charge in [-0.3, -0.25) is 4.79 Å². The summed E-state index contributed by atoms with van der Waals surface area (Å²) in [7, 11) is 2.11. The molecule has 4 nitrogen and oxygen atoms in total. The highest BCUT2D eigenvalue weighted by Crippen LogP contribution is 2.16. The molecule has 1 saturated heterocycles. The van der Waals surface area contributed by atoms with E-state index in [0.29, 0.717) is 6.04 Å². The number of benzene rings is 1. The molecular weight excluding hydrogens is 252 g/mol. The number of piperidine rings is 1. The van der Waals surface area contributed by atoms with E-state index in [-0.39, 0.29) is 12.5 Å². The van der Waals surface area contributed by atoms with E-state index in [4.69, 9.17) is 4.74 Å². The molecule has 1 amide bonds. The molecule has 1 heterocycles. The van der Waals surface area contributed by atoms with Crippen molar-refractivity contribution < 1.29 is 9.53 Å². The van der Waals surface area contributed by atoms with Gasteiger partial charge >= 0.3 is 0 Å². The number of rotatable bonds is 4. The molecule has 1 aromatic rings. The van der Waals surface area contributed by atoms with Crippen LogP contribution in [0.5, 0.6) is 5.75 Å². The molecule has 0 aromatic heterocycles. The topological polar surface area (TPSA) is 41.6 Å². The zero-order chi connectivity index (χ0) is 14.5. The van der Waals surface area contributed by atoms with E-state index in [1.807, 2.05) is 26.0 Å². The molecule has 110 valence electrons. The van der Waals surface area contributed by atoms with Crippen LogP contribution in [0.3, 0.4) is 0 Å². The average molecular weight is 276 g/mol. The summed E-state index contributed by atoms with van der Waals surface area (Å²) in [5.41, 5.74) is 2.30. The number of amides is 1. The van der Waals surface area contributed by atoms with E-state index in [0.717, 1.165) is 42.8 Å². The largest absolute Gasteiger partial charge is 0.484 e. The van der Waals surface area contributed by atoms with Crippen LogP contribution >= 0.6 is 0 Å². The molecule has 0 bridgehead atoms. The lowest BCUT2D eigenvalue weighted by Gasteiger charge is -2.29. The van der Waals surface area contributed by atoms with Crippen molar-refractivity contribution in [2.45, 2.75) is 32.7 Å². The Labute approximate surface area is 121 Å². The Hall–Kier alpha value is -1.55. The Balaban J connectivity index is 1.77. The maximum atomic E-state index is 11.9. The predicted molar refractivity (Wildman–Crippen MR) is 80.1 cm³/mol. The molecule has 20 heavy (non-hydrogen) atoms. The van der Waals surface area contributed by atoms with Crippen LogP contribution in [-0.2, 0) is 4.79 Å². The summed E-state index contributed by atoms with van der Waals surface area (Å²) in [5, 5.41) is 3.05. The number of nitrogens with one attached hydrogen (secondary N) is 1. The second kappa shape index (κ2) is 6.75. The van der Waals surface area contributed by atoms with E-state index in [1.165, 1.54) is 0 Å². The van der Waals surface area contributed by atoms with Gasteiger partial charge in [0.05, 0.1) is 0 Å². The standard InChI is InChI=1S/C16H24N2O2/c1-12-8-13(2)10-15(9-12)20-11-16(19)17-14-4-6-18(3)7-5-14/h8-10,14H,4-7,11H2,1-3H3,(H,17,19). The van der Waals surface area contributed by atoms with Gasteiger partial charge in [0.25, 0.3) is 5.91 Å². The summed E-state index contributed by atoms with van der Waals surface area (Å²) >= 11 is 0. The number of hydrogen-bond acceptors (Lipinski definition) is 3. The number of carbonyl (C=O) groups excluding carboxylic acids is 1. The number of likely N-dealkylation sites (tertiary alicyclic amines) is 1. The number of ether oxygens (including phenoxy) is 1. The third kappa shape index (κ3) is 4.53. The Morgan fingerprint density at radius 1 is 1.25 bits per heavy atom. The normalized spacial score (nSPS) is 16.9. The molecule has 1 N–H and O–H groups in total. The fourth-order valence-corrected chi connectivity index (χ4v) is 2.59. The molecule has 2 rings (SSSR count). The van der Waals surface area contributed by atoms with Crippen molar-refractivity contribution in [2.75, 3.05) is 26.7 Å². The number of carbonyl (C=O) groups is 1. The fourth-order valence-electron chi connectivity index (χ4n) is 2.59. The van der Waals surface area contributed by atoms with Gasteiger partial charge < -0.3 is 15.0 Å². The van der Waals surface area contributed by atoms with Gasteiger partial charge in [0.1, 0.15) is 5.75 Å². The lowest BCUT2D eigenvalue weighted by Crippen LogP contribution is -2.44. The third-order valence-electron chi connectivity index (χ3n) is 3.65. The third-order valence-corrected chi connectivity index (χ3v) is 3.65. The SMILES string of the molecule is Cc1cc(C)cc(OCC(=O)NC2CCN(C)CC2)c1. The molecular formula is C16H24N2O2. The van der Waals surface area contributed by atoms with E-state index in [1.54, 1.807) is 0 Å². The van der Waals surface area contributed by atoms with Crippen molar-refractivity contribution in [3.63, 3.8) is 0 Å². The van der Waals surface area contributed by atoms with Gasteiger partial charge in [-0.05, 0) is 70.1 Å². The summed E-state index contributed by atoms with van der Waals surface area (Å²) in [4.78, 5) is 14.2. The van der Waals surface area contributed by atoms with Crippen LogP contribution in [0.2, 0.25) is 0 Å². The van der Waals surface area contributed by atoms with Crippen molar-refractivity contribution in [3.05, 3.63) is 29.3 Å². The highest BCUT2D eigenvalue weighted by Gasteiger charge is 2.18. The molecule has 1 aliphatic rings. The van der Waals surface area contributed by atoms with Gasteiger partial charge in [0, 0.05) is 6.04 Å². The van der Waals surface area contributed by atoms with Crippen LogP contribution < -0.4 is 10.1 Å². The Bertz CT molecular complexity index is 445. The minimum atomic E-state index is -0.0290. The molecule has 0 radical (unpaired) electrons. The molecule has 0 atom stereocenters. The molecule has 0 saturated carbocycles. The van der Waals surface area contributed by atoms with Crippen LogP contribution in [0.25, 0.3) is 0 Å². The number of aryl methyl sites for hydroxylation is 2. The van der Waals surface area contributed by atoms with Crippen LogP contribution in [0.4, 0.5) is 0 Å².